The van der Waals surface area contributed by atoms with E-state index >= 15 is 0 Å². The van der Waals surface area contributed by atoms with Gasteiger partial charge in [0.2, 0.25) is 10.0 Å². The van der Waals surface area contributed by atoms with Crippen molar-refractivity contribution in [1.82, 2.24) is 4.31 Å². The molecule has 1 heterocycles. The van der Waals surface area contributed by atoms with Crippen molar-refractivity contribution in [3.8, 4) is 11.5 Å². The SMILES string of the molecule is CCOc1cc([N+](=O)[O-])c(C(=O)Nc2ccc(S(=O)(=O)N3CCCC(C)C3)cc2)cc1OC. The molecule has 3 rings (SSSR count). The second kappa shape index (κ2) is 10.2. The van der Waals surface area contributed by atoms with E-state index < -0.39 is 26.5 Å². The van der Waals surface area contributed by atoms with E-state index in [4.69, 9.17) is 9.47 Å². The fourth-order valence-corrected chi connectivity index (χ4v) is 5.33. The highest BCUT2D eigenvalue weighted by atomic mass is 32.2. The van der Waals surface area contributed by atoms with Gasteiger partial charge in [-0.15, -0.1) is 0 Å². The maximum Gasteiger partial charge on any atom is 0.286 e. The molecule has 0 radical (unpaired) electrons. The monoisotopic (exact) mass is 477 g/mol. The molecular weight excluding hydrogens is 450 g/mol. The Kier molecular flexibility index (Phi) is 7.54. The van der Waals surface area contributed by atoms with Crippen LogP contribution in [0.15, 0.2) is 41.3 Å². The van der Waals surface area contributed by atoms with Crippen molar-refractivity contribution in [2.45, 2.75) is 31.6 Å². The van der Waals surface area contributed by atoms with Crippen molar-refractivity contribution in [3.63, 3.8) is 0 Å². The molecule has 1 unspecified atom stereocenters. The van der Waals surface area contributed by atoms with Crippen LogP contribution < -0.4 is 14.8 Å². The second-order valence-electron chi connectivity index (χ2n) is 7.80. The molecular formula is C22H27N3O7S. The zero-order valence-electron chi connectivity index (χ0n) is 18.7. The van der Waals surface area contributed by atoms with Crippen molar-refractivity contribution >= 4 is 27.3 Å². The number of sulfonamides is 1. The third-order valence-corrected chi connectivity index (χ3v) is 7.27. The minimum absolute atomic E-state index is 0.128. The van der Waals surface area contributed by atoms with Crippen molar-refractivity contribution in [3.05, 3.63) is 52.1 Å². The number of nitrogens with zero attached hydrogens (tertiary/aromatic N) is 2. The summed E-state index contributed by atoms with van der Waals surface area (Å²) in [6.07, 6.45) is 1.82. The lowest BCUT2D eigenvalue weighted by Crippen LogP contribution is -2.39. The summed E-state index contributed by atoms with van der Waals surface area (Å²) < 4.78 is 37.8. The molecule has 1 saturated heterocycles. The lowest BCUT2D eigenvalue weighted by molar-refractivity contribution is -0.385. The number of methoxy groups -OCH3 is 1. The van der Waals surface area contributed by atoms with Crippen molar-refractivity contribution < 1.29 is 27.6 Å². The van der Waals surface area contributed by atoms with E-state index in [1.54, 1.807) is 6.92 Å². The van der Waals surface area contributed by atoms with Crippen molar-refractivity contribution in [2.75, 3.05) is 32.1 Å². The first-order valence-corrected chi connectivity index (χ1v) is 12.0. The van der Waals surface area contributed by atoms with Crippen LogP contribution in [0.5, 0.6) is 11.5 Å². The Hall–Kier alpha value is -3.18. The molecule has 1 N–H and O–H groups in total. The van der Waals surface area contributed by atoms with E-state index in [0.717, 1.165) is 18.9 Å². The molecule has 1 fully saturated rings. The molecule has 33 heavy (non-hydrogen) atoms. The van der Waals surface area contributed by atoms with E-state index in [2.05, 4.69) is 5.32 Å². The first-order chi connectivity index (χ1) is 15.7. The first-order valence-electron chi connectivity index (χ1n) is 10.6. The van der Waals surface area contributed by atoms with Crippen molar-refractivity contribution in [1.29, 1.82) is 0 Å². The fraction of sp³-hybridized carbons (Fsp3) is 0.409. The number of benzene rings is 2. The summed E-state index contributed by atoms with van der Waals surface area (Å²) >= 11 is 0. The highest BCUT2D eigenvalue weighted by molar-refractivity contribution is 7.89. The summed E-state index contributed by atoms with van der Waals surface area (Å²) in [5, 5.41) is 14.1. The maximum absolute atomic E-state index is 12.9. The molecule has 178 valence electrons. The molecule has 1 atom stereocenters. The van der Waals surface area contributed by atoms with E-state index in [1.807, 2.05) is 6.92 Å². The topological polar surface area (TPSA) is 128 Å². The van der Waals surface area contributed by atoms with Crippen LogP contribution in [0.25, 0.3) is 0 Å². The largest absolute Gasteiger partial charge is 0.493 e. The van der Waals surface area contributed by atoms with Crippen molar-refractivity contribution in [2.24, 2.45) is 5.92 Å². The van der Waals surface area contributed by atoms with E-state index in [9.17, 15) is 23.3 Å². The first kappa shape index (κ1) is 24.5. The number of piperidine rings is 1. The van der Waals surface area contributed by atoms with E-state index in [1.165, 1.54) is 41.7 Å². The number of rotatable bonds is 8. The lowest BCUT2D eigenvalue weighted by atomic mass is 10.0. The number of carbonyl (C=O) groups is 1. The molecule has 0 bridgehead atoms. The summed E-state index contributed by atoms with van der Waals surface area (Å²) in [4.78, 5) is 23.8. The predicted octanol–water partition coefficient (Wildman–Crippen LogP) is 3.68. The Morgan fingerprint density at radius 2 is 1.94 bits per heavy atom. The van der Waals surface area contributed by atoms with Gasteiger partial charge in [-0.3, -0.25) is 14.9 Å². The molecule has 2 aromatic carbocycles. The molecule has 0 saturated carbocycles. The summed E-state index contributed by atoms with van der Waals surface area (Å²) in [6, 6.07) is 8.13. The summed E-state index contributed by atoms with van der Waals surface area (Å²) in [5.74, 6) is -0.0906. The highest BCUT2D eigenvalue weighted by Crippen LogP contribution is 2.35. The minimum Gasteiger partial charge on any atom is -0.493 e. The summed E-state index contributed by atoms with van der Waals surface area (Å²) in [6.45, 7) is 4.97. The number of amides is 1. The Bertz CT molecular complexity index is 1130. The predicted molar refractivity (Wildman–Crippen MR) is 122 cm³/mol. The van der Waals surface area contributed by atoms with Crippen LogP contribution in [0.1, 0.15) is 37.0 Å². The number of carbonyl (C=O) groups excluding carboxylic acids is 1. The zero-order chi connectivity index (χ0) is 24.2. The van der Waals surface area contributed by atoms with Gasteiger partial charge in [0.1, 0.15) is 5.56 Å². The molecule has 1 aliphatic rings. The van der Waals surface area contributed by atoms with Gasteiger partial charge in [0.25, 0.3) is 11.6 Å². The molecule has 0 aliphatic carbocycles. The third kappa shape index (κ3) is 5.42. The Morgan fingerprint density at radius 3 is 2.52 bits per heavy atom. The standard InChI is InChI=1S/C22H27N3O7S/c1-4-32-21-13-19(25(27)28)18(12-20(21)31-3)22(26)23-16-7-9-17(10-8-16)33(29,30)24-11-5-6-15(2)14-24/h7-10,12-13,15H,4-6,11,14H2,1-3H3,(H,23,26). The smallest absolute Gasteiger partial charge is 0.286 e. The molecule has 1 amide bonds. The van der Waals surface area contributed by atoms with Gasteiger partial charge in [0.15, 0.2) is 11.5 Å². The molecule has 11 heteroatoms. The molecule has 0 aromatic heterocycles. The number of anilines is 1. The quantitative estimate of drug-likeness (QED) is 0.454. The average molecular weight is 478 g/mol. The number of nitro benzene ring substituents is 1. The number of nitrogens with one attached hydrogen (secondary N) is 1. The van der Waals surface area contributed by atoms with Crippen LogP contribution in [0.2, 0.25) is 0 Å². The molecule has 0 spiro atoms. The maximum atomic E-state index is 12.9. The highest BCUT2D eigenvalue weighted by Gasteiger charge is 2.29. The van der Waals surface area contributed by atoms with Crippen LogP contribution >= 0.6 is 0 Å². The number of ether oxygens (including phenoxy) is 2. The molecule has 2 aromatic rings. The van der Waals surface area contributed by atoms with Gasteiger partial charge in [-0.2, -0.15) is 4.31 Å². The van der Waals surface area contributed by atoms with Gasteiger partial charge in [0, 0.05) is 24.8 Å². The van der Waals surface area contributed by atoms with Crippen LogP contribution in [-0.2, 0) is 10.0 Å². The molecule has 10 nitrogen and oxygen atoms in total. The summed E-state index contributed by atoms with van der Waals surface area (Å²) in [7, 11) is -2.26. The minimum atomic E-state index is -3.63. The normalized spacial score (nSPS) is 16.8. The van der Waals surface area contributed by atoms with Crippen LogP contribution in [0, 0.1) is 16.0 Å². The van der Waals surface area contributed by atoms with Crippen LogP contribution in [-0.4, -0.2) is 50.4 Å². The van der Waals surface area contributed by atoms with Gasteiger partial charge >= 0.3 is 0 Å². The van der Waals surface area contributed by atoms with E-state index in [0.29, 0.717) is 24.7 Å². The van der Waals surface area contributed by atoms with Crippen LogP contribution in [0.3, 0.4) is 0 Å². The Labute approximate surface area is 192 Å². The molecule has 1 aliphatic heterocycles. The average Bonchev–Trinajstić information content (AvgIpc) is 2.79. The van der Waals surface area contributed by atoms with Gasteiger partial charge in [-0.25, -0.2) is 8.42 Å². The lowest BCUT2D eigenvalue weighted by Gasteiger charge is -2.30. The Morgan fingerprint density at radius 1 is 1.24 bits per heavy atom. The summed E-state index contributed by atoms with van der Waals surface area (Å²) in [5.41, 5.74) is -0.345. The van der Waals surface area contributed by atoms with E-state index in [-0.39, 0.29) is 28.6 Å². The number of hydrogen-bond donors (Lipinski definition) is 1. The van der Waals surface area contributed by atoms with Crippen LogP contribution in [0.4, 0.5) is 11.4 Å². The fourth-order valence-electron chi connectivity index (χ4n) is 3.73. The van der Waals surface area contributed by atoms with Gasteiger partial charge < -0.3 is 14.8 Å². The number of hydrogen-bond acceptors (Lipinski definition) is 7. The number of nitro groups is 1. The zero-order valence-corrected chi connectivity index (χ0v) is 19.6. The van der Waals surface area contributed by atoms with Gasteiger partial charge in [-0.05, 0) is 49.9 Å². The van der Waals surface area contributed by atoms with Gasteiger partial charge in [0.05, 0.1) is 29.6 Å². The Balaban J connectivity index is 1.83. The second-order valence-corrected chi connectivity index (χ2v) is 9.74. The third-order valence-electron chi connectivity index (χ3n) is 5.39. The van der Waals surface area contributed by atoms with Gasteiger partial charge in [-0.1, -0.05) is 6.92 Å².